The molecule has 0 saturated heterocycles. The Morgan fingerprint density at radius 1 is 1.37 bits per heavy atom. The van der Waals surface area contributed by atoms with Gasteiger partial charge in [-0.25, -0.2) is 4.79 Å². The summed E-state index contributed by atoms with van der Waals surface area (Å²) >= 11 is 3.42. The van der Waals surface area contributed by atoms with Crippen LogP contribution in [-0.4, -0.2) is 11.1 Å². The first-order chi connectivity index (χ1) is 8.97. The second kappa shape index (κ2) is 5.48. The summed E-state index contributed by atoms with van der Waals surface area (Å²) < 4.78 is 6.29. The third kappa shape index (κ3) is 3.17. The van der Waals surface area contributed by atoms with Crippen LogP contribution in [-0.2, 0) is 0 Å². The highest BCUT2D eigenvalue weighted by Crippen LogP contribution is 2.25. The number of aryl methyl sites for hydroxylation is 1. The van der Waals surface area contributed by atoms with Crippen molar-refractivity contribution in [2.75, 3.05) is 5.32 Å². The molecular weight excluding hydrogens is 310 g/mol. The zero-order valence-electron chi connectivity index (χ0n) is 10.6. The summed E-state index contributed by atoms with van der Waals surface area (Å²) in [4.78, 5) is 10.8. The molecule has 2 aromatic rings. The van der Waals surface area contributed by atoms with Gasteiger partial charge in [-0.1, -0.05) is 15.9 Å². The van der Waals surface area contributed by atoms with Crippen LogP contribution in [0.2, 0.25) is 0 Å². The van der Waals surface area contributed by atoms with Gasteiger partial charge in [0.05, 0.1) is 6.04 Å². The lowest BCUT2D eigenvalue weighted by Gasteiger charge is -2.15. The second-order valence-electron chi connectivity index (χ2n) is 4.33. The SMILES string of the molecule is Cc1cc(Br)ccc1NC(C)c1ccc(C(=O)O)o1. The van der Waals surface area contributed by atoms with Gasteiger partial charge < -0.3 is 14.8 Å². The first kappa shape index (κ1) is 13.7. The van der Waals surface area contributed by atoms with Crippen LogP contribution in [0.3, 0.4) is 0 Å². The predicted octanol–water partition coefficient (Wildman–Crippen LogP) is 4.22. The molecule has 0 saturated carbocycles. The molecule has 1 aromatic heterocycles. The van der Waals surface area contributed by atoms with Crippen molar-refractivity contribution in [2.24, 2.45) is 0 Å². The molecule has 0 fully saturated rings. The monoisotopic (exact) mass is 323 g/mol. The largest absolute Gasteiger partial charge is 0.475 e. The molecule has 100 valence electrons. The summed E-state index contributed by atoms with van der Waals surface area (Å²) in [5.74, 6) is -0.505. The van der Waals surface area contributed by atoms with E-state index in [1.807, 2.05) is 32.0 Å². The first-order valence-corrected chi connectivity index (χ1v) is 6.62. The maximum atomic E-state index is 10.8. The minimum atomic E-state index is -1.06. The van der Waals surface area contributed by atoms with Crippen LogP contribution >= 0.6 is 15.9 Å². The molecule has 19 heavy (non-hydrogen) atoms. The highest BCUT2D eigenvalue weighted by molar-refractivity contribution is 9.10. The summed E-state index contributed by atoms with van der Waals surface area (Å²) in [6.07, 6.45) is 0. The van der Waals surface area contributed by atoms with Crippen molar-refractivity contribution in [1.29, 1.82) is 0 Å². The number of nitrogens with one attached hydrogen (secondary N) is 1. The van der Waals surface area contributed by atoms with E-state index < -0.39 is 5.97 Å². The summed E-state index contributed by atoms with van der Waals surface area (Å²) in [5, 5.41) is 12.1. The van der Waals surface area contributed by atoms with E-state index in [4.69, 9.17) is 9.52 Å². The molecule has 0 aliphatic carbocycles. The Labute approximate surface area is 119 Å². The van der Waals surface area contributed by atoms with Gasteiger partial charge in [-0.15, -0.1) is 0 Å². The maximum absolute atomic E-state index is 10.8. The molecular formula is C14H14BrNO3. The van der Waals surface area contributed by atoms with Crippen molar-refractivity contribution in [1.82, 2.24) is 0 Å². The molecule has 0 aliphatic heterocycles. The summed E-state index contributed by atoms with van der Waals surface area (Å²) in [5.41, 5.74) is 2.09. The van der Waals surface area contributed by atoms with Crippen molar-refractivity contribution >= 4 is 27.6 Å². The van der Waals surface area contributed by atoms with E-state index in [9.17, 15) is 4.79 Å². The third-order valence-electron chi connectivity index (χ3n) is 2.82. The lowest BCUT2D eigenvalue weighted by molar-refractivity contribution is 0.0660. The van der Waals surface area contributed by atoms with E-state index in [-0.39, 0.29) is 11.8 Å². The zero-order valence-corrected chi connectivity index (χ0v) is 12.2. The minimum Gasteiger partial charge on any atom is -0.475 e. The van der Waals surface area contributed by atoms with Gasteiger partial charge in [-0.2, -0.15) is 0 Å². The van der Waals surface area contributed by atoms with Crippen molar-refractivity contribution in [3.05, 3.63) is 51.9 Å². The van der Waals surface area contributed by atoms with Gasteiger partial charge in [-0.3, -0.25) is 0 Å². The normalized spacial score (nSPS) is 12.2. The van der Waals surface area contributed by atoms with Crippen molar-refractivity contribution in [3.8, 4) is 0 Å². The number of anilines is 1. The van der Waals surface area contributed by atoms with Gasteiger partial charge in [-0.05, 0) is 49.7 Å². The minimum absolute atomic E-state index is 0.0452. The number of furan rings is 1. The van der Waals surface area contributed by atoms with Crippen LogP contribution in [0.25, 0.3) is 0 Å². The molecule has 1 unspecified atom stereocenters. The number of carbonyl (C=O) groups is 1. The molecule has 0 bridgehead atoms. The molecule has 0 aliphatic rings. The number of halogens is 1. The van der Waals surface area contributed by atoms with Gasteiger partial charge >= 0.3 is 5.97 Å². The molecule has 0 spiro atoms. The predicted molar refractivity (Wildman–Crippen MR) is 76.6 cm³/mol. The second-order valence-corrected chi connectivity index (χ2v) is 5.25. The number of aromatic carboxylic acids is 1. The van der Waals surface area contributed by atoms with Gasteiger partial charge in [0.1, 0.15) is 5.76 Å². The fraction of sp³-hybridized carbons (Fsp3) is 0.214. The van der Waals surface area contributed by atoms with E-state index in [1.54, 1.807) is 6.07 Å². The molecule has 5 heteroatoms. The van der Waals surface area contributed by atoms with Crippen molar-refractivity contribution in [3.63, 3.8) is 0 Å². The van der Waals surface area contributed by atoms with Crippen LogP contribution in [0.1, 0.15) is 34.8 Å². The average Bonchev–Trinajstić information content (AvgIpc) is 2.82. The van der Waals surface area contributed by atoms with Crippen LogP contribution in [0.5, 0.6) is 0 Å². The van der Waals surface area contributed by atoms with Crippen molar-refractivity contribution < 1.29 is 14.3 Å². The quantitative estimate of drug-likeness (QED) is 0.884. The molecule has 0 amide bonds. The number of hydrogen-bond donors (Lipinski definition) is 2. The van der Waals surface area contributed by atoms with E-state index in [0.29, 0.717) is 5.76 Å². The van der Waals surface area contributed by atoms with E-state index in [2.05, 4.69) is 21.2 Å². The third-order valence-corrected chi connectivity index (χ3v) is 3.32. The van der Waals surface area contributed by atoms with E-state index in [1.165, 1.54) is 6.07 Å². The Kier molecular flexibility index (Phi) is 3.95. The highest BCUT2D eigenvalue weighted by atomic mass is 79.9. The smallest absolute Gasteiger partial charge is 0.371 e. The molecule has 2 rings (SSSR count). The zero-order chi connectivity index (χ0) is 14.0. The summed E-state index contributed by atoms with van der Waals surface area (Å²) in [6, 6.07) is 8.97. The molecule has 1 heterocycles. The Morgan fingerprint density at radius 3 is 2.68 bits per heavy atom. The highest BCUT2D eigenvalue weighted by Gasteiger charge is 2.14. The Morgan fingerprint density at radius 2 is 2.11 bits per heavy atom. The summed E-state index contributed by atoms with van der Waals surface area (Å²) in [6.45, 7) is 3.93. The number of carboxylic acids is 1. The topological polar surface area (TPSA) is 62.5 Å². The molecule has 0 radical (unpaired) electrons. The molecule has 4 nitrogen and oxygen atoms in total. The Balaban J connectivity index is 2.15. The number of hydrogen-bond acceptors (Lipinski definition) is 3. The lowest BCUT2D eigenvalue weighted by Crippen LogP contribution is -2.06. The molecule has 1 aromatic carbocycles. The van der Waals surface area contributed by atoms with Crippen molar-refractivity contribution in [2.45, 2.75) is 19.9 Å². The summed E-state index contributed by atoms with van der Waals surface area (Å²) in [7, 11) is 0. The van der Waals surface area contributed by atoms with E-state index in [0.717, 1.165) is 15.7 Å². The van der Waals surface area contributed by atoms with Gasteiger partial charge in [0.2, 0.25) is 5.76 Å². The van der Waals surface area contributed by atoms with Gasteiger partial charge in [0.25, 0.3) is 0 Å². The fourth-order valence-electron chi connectivity index (χ4n) is 1.79. The number of benzene rings is 1. The van der Waals surface area contributed by atoms with Crippen LogP contribution in [0, 0.1) is 6.92 Å². The van der Waals surface area contributed by atoms with Crippen LogP contribution in [0.15, 0.2) is 39.2 Å². The van der Waals surface area contributed by atoms with Crippen LogP contribution in [0.4, 0.5) is 5.69 Å². The number of rotatable bonds is 4. The number of carboxylic acid groups (broad SMARTS) is 1. The van der Waals surface area contributed by atoms with E-state index >= 15 is 0 Å². The first-order valence-electron chi connectivity index (χ1n) is 5.83. The maximum Gasteiger partial charge on any atom is 0.371 e. The lowest BCUT2D eigenvalue weighted by atomic mass is 10.1. The Hall–Kier alpha value is -1.75. The van der Waals surface area contributed by atoms with Gasteiger partial charge in [0, 0.05) is 10.2 Å². The molecule has 2 N–H and O–H groups in total. The molecule has 1 atom stereocenters. The Bertz CT molecular complexity index is 606. The standard InChI is InChI=1S/C14H14BrNO3/c1-8-7-10(15)3-4-11(8)16-9(2)12-5-6-13(19-12)14(17)18/h3-7,9,16H,1-2H3,(H,17,18). The van der Waals surface area contributed by atoms with Gasteiger partial charge in [0.15, 0.2) is 0 Å². The fourth-order valence-corrected chi connectivity index (χ4v) is 2.27. The average molecular weight is 324 g/mol. The van der Waals surface area contributed by atoms with Crippen LogP contribution < -0.4 is 5.32 Å².